The van der Waals surface area contributed by atoms with Crippen molar-refractivity contribution in [1.82, 2.24) is 0 Å². The monoisotopic (exact) mass is 172 g/mol. The van der Waals surface area contributed by atoms with Crippen LogP contribution in [0.15, 0.2) is 12.2 Å². The van der Waals surface area contributed by atoms with Crippen molar-refractivity contribution in [3.8, 4) is 0 Å². The topological polar surface area (TPSA) is 40.5 Å². The minimum Gasteiger partial charge on any atom is -0.396 e. The van der Waals surface area contributed by atoms with Gasteiger partial charge in [-0.3, -0.25) is 0 Å². The summed E-state index contributed by atoms with van der Waals surface area (Å²) in [6.45, 7) is 7.96. The average molecular weight is 172 g/mol. The molecular weight excluding hydrogens is 152 g/mol. The molecule has 0 saturated heterocycles. The van der Waals surface area contributed by atoms with Crippen LogP contribution in [0.4, 0.5) is 0 Å². The van der Waals surface area contributed by atoms with Crippen molar-refractivity contribution >= 4 is 0 Å². The lowest BCUT2D eigenvalue weighted by Gasteiger charge is -2.26. The average Bonchev–Trinajstić information content (AvgIpc) is 2.13. The Morgan fingerprint density at radius 1 is 1.50 bits per heavy atom. The van der Waals surface area contributed by atoms with Crippen LogP contribution < -0.4 is 0 Å². The van der Waals surface area contributed by atoms with E-state index in [1.54, 1.807) is 0 Å². The van der Waals surface area contributed by atoms with Crippen LogP contribution in [0.25, 0.3) is 0 Å². The van der Waals surface area contributed by atoms with Gasteiger partial charge in [-0.2, -0.15) is 0 Å². The fraction of sp³-hybridized carbons (Fsp3) is 0.800. The zero-order valence-electron chi connectivity index (χ0n) is 8.08. The first-order valence-electron chi connectivity index (χ1n) is 4.70. The van der Waals surface area contributed by atoms with Gasteiger partial charge in [-0.1, -0.05) is 26.0 Å². The second kappa shape index (κ2) is 6.21. The molecule has 1 rings (SSSR count). The summed E-state index contributed by atoms with van der Waals surface area (Å²) in [5.74, 6) is 0.142. The normalized spacial score (nSPS) is 29.2. The Bertz CT molecular complexity index is 132. The molecule has 0 heterocycles. The van der Waals surface area contributed by atoms with Gasteiger partial charge in [-0.05, 0) is 19.3 Å². The third-order valence-electron chi connectivity index (χ3n) is 2.15. The predicted molar refractivity (Wildman–Crippen MR) is 50.9 cm³/mol. The highest BCUT2D eigenvalue weighted by Crippen LogP contribution is 2.27. The van der Waals surface area contributed by atoms with Crippen LogP contribution in [0.3, 0.4) is 0 Å². The van der Waals surface area contributed by atoms with Gasteiger partial charge in [-0.15, -0.1) is 0 Å². The summed E-state index contributed by atoms with van der Waals surface area (Å²) < 4.78 is 0. The molecule has 2 heteroatoms. The highest BCUT2D eigenvalue weighted by Gasteiger charge is 2.21. The smallest absolute Gasteiger partial charge is 0.0549 e. The molecule has 0 bridgehead atoms. The van der Waals surface area contributed by atoms with Crippen LogP contribution in [0.5, 0.6) is 0 Å². The van der Waals surface area contributed by atoms with Gasteiger partial charge in [0, 0.05) is 12.5 Å². The minimum absolute atomic E-state index is 0.135. The number of aliphatic hydroxyl groups is 2. The number of hydrogen-bond acceptors (Lipinski definition) is 2. The maximum Gasteiger partial charge on any atom is 0.0549 e. The minimum atomic E-state index is -0.220. The molecule has 0 spiro atoms. The molecule has 12 heavy (non-hydrogen) atoms. The lowest BCUT2D eigenvalue weighted by Crippen LogP contribution is -2.23. The van der Waals surface area contributed by atoms with Crippen LogP contribution in [0.1, 0.15) is 33.1 Å². The Hall–Kier alpha value is -0.340. The van der Waals surface area contributed by atoms with Gasteiger partial charge in [0.15, 0.2) is 0 Å². The van der Waals surface area contributed by atoms with Crippen molar-refractivity contribution < 1.29 is 10.2 Å². The highest BCUT2D eigenvalue weighted by atomic mass is 16.3. The van der Waals surface area contributed by atoms with E-state index in [9.17, 15) is 5.11 Å². The van der Waals surface area contributed by atoms with E-state index in [1.807, 2.05) is 13.8 Å². The molecule has 0 radical (unpaired) electrons. The van der Waals surface area contributed by atoms with Crippen molar-refractivity contribution in [2.24, 2.45) is 5.92 Å². The highest BCUT2D eigenvalue weighted by molar-refractivity contribution is 5.04. The van der Waals surface area contributed by atoms with Crippen molar-refractivity contribution in [3.63, 3.8) is 0 Å². The molecule has 0 aromatic rings. The van der Waals surface area contributed by atoms with E-state index in [1.165, 1.54) is 0 Å². The molecule has 72 valence electrons. The summed E-state index contributed by atoms with van der Waals surface area (Å²) in [7, 11) is 0. The third-order valence-corrected chi connectivity index (χ3v) is 2.15. The van der Waals surface area contributed by atoms with Crippen molar-refractivity contribution in [2.45, 2.75) is 39.2 Å². The standard InChI is InChI=1S/C8H14O2.C2H6/c1-6-2-3-8(10)4-7(6)5-9;1-2/h7-10H,1-5H2;1-2H3/t7-,8+;/m0./s1. The molecule has 2 N–H and O–H groups in total. The van der Waals surface area contributed by atoms with Crippen molar-refractivity contribution in [2.75, 3.05) is 6.61 Å². The number of hydrogen-bond donors (Lipinski definition) is 2. The molecule has 1 aliphatic rings. The largest absolute Gasteiger partial charge is 0.396 e. The van der Waals surface area contributed by atoms with Crippen LogP contribution in [-0.4, -0.2) is 22.9 Å². The van der Waals surface area contributed by atoms with Crippen LogP contribution in [0, 0.1) is 5.92 Å². The van der Waals surface area contributed by atoms with E-state index in [0.717, 1.165) is 18.4 Å². The molecule has 0 unspecified atom stereocenters. The Labute approximate surface area is 74.9 Å². The fourth-order valence-corrected chi connectivity index (χ4v) is 1.37. The quantitative estimate of drug-likeness (QED) is 0.591. The summed E-state index contributed by atoms with van der Waals surface area (Å²) in [5.41, 5.74) is 1.09. The predicted octanol–water partition coefficient (Wildman–Crippen LogP) is 1.72. The van der Waals surface area contributed by atoms with Gasteiger partial charge < -0.3 is 10.2 Å². The van der Waals surface area contributed by atoms with E-state index < -0.39 is 0 Å². The Morgan fingerprint density at radius 3 is 2.50 bits per heavy atom. The van der Waals surface area contributed by atoms with Gasteiger partial charge in [0.1, 0.15) is 0 Å². The first-order valence-corrected chi connectivity index (χ1v) is 4.70. The zero-order valence-corrected chi connectivity index (χ0v) is 8.08. The maximum absolute atomic E-state index is 9.18. The van der Waals surface area contributed by atoms with E-state index in [-0.39, 0.29) is 18.6 Å². The number of aliphatic hydroxyl groups excluding tert-OH is 2. The molecule has 0 aromatic heterocycles. The van der Waals surface area contributed by atoms with E-state index >= 15 is 0 Å². The lowest BCUT2D eigenvalue weighted by atomic mass is 9.84. The van der Waals surface area contributed by atoms with Crippen molar-refractivity contribution in [3.05, 3.63) is 12.2 Å². The molecule has 2 nitrogen and oxygen atoms in total. The molecule has 1 aliphatic carbocycles. The zero-order chi connectivity index (χ0) is 9.56. The summed E-state index contributed by atoms with van der Waals surface area (Å²) in [5, 5.41) is 18.0. The van der Waals surface area contributed by atoms with Crippen LogP contribution >= 0.6 is 0 Å². The molecule has 0 aromatic carbocycles. The third kappa shape index (κ3) is 3.37. The second-order valence-corrected chi connectivity index (χ2v) is 2.97. The summed E-state index contributed by atoms with van der Waals surface area (Å²) in [6, 6.07) is 0. The Morgan fingerprint density at radius 2 is 2.08 bits per heavy atom. The molecule has 0 amide bonds. The Kier molecular flexibility index (Phi) is 6.03. The molecule has 2 atom stereocenters. The van der Waals surface area contributed by atoms with Gasteiger partial charge >= 0.3 is 0 Å². The van der Waals surface area contributed by atoms with Gasteiger partial charge in [-0.25, -0.2) is 0 Å². The number of rotatable bonds is 1. The SMILES string of the molecule is C=C1CC[C@@H](O)C[C@H]1CO.CC. The second-order valence-electron chi connectivity index (χ2n) is 2.97. The Balaban J connectivity index is 0.000000561. The summed E-state index contributed by atoms with van der Waals surface area (Å²) >= 11 is 0. The summed E-state index contributed by atoms with van der Waals surface area (Å²) in [4.78, 5) is 0. The fourth-order valence-electron chi connectivity index (χ4n) is 1.37. The molecule has 0 aliphatic heterocycles. The molecular formula is C10H20O2. The van der Waals surface area contributed by atoms with Gasteiger partial charge in [0.05, 0.1) is 6.10 Å². The van der Waals surface area contributed by atoms with Crippen molar-refractivity contribution in [1.29, 1.82) is 0 Å². The lowest BCUT2D eigenvalue weighted by molar-refractivity contribution is 0.101. The van der Waals surface area contributed by atoms with Crippen LogP contribution in [0.2, 0.25) is 0 Å². The first kappa shape index (κ1) is 11.7. The summed E-state index contributed by atoms with van der Waals surface area (Å²) in [6.07, 6.45) is 2.15. The maximum atomic E-state index is 9.18. The molecule has 1 fully saturated rings. The van der Waals surface area contributed by atoms with Gasteiger partial charge in [0.25, 0.3) is 0 Å². The van der Waals surface area contributed by atoms with Crippen LogP contribution in [-0.2, 0) is 0 Å². The molecule has 1 saturated carbocycles. The van der Waals surface area contributed by atoms with E-state index in [0.29, 0.717) is 6.42 Å². The first-order chi connectivity index (χ1) is 5.74. The van der Waals surface area contributed by atoms with Gasteiger partial charge in [0.2, 0.25) is 0 Å². The van der Waals surface area contributed by atoms with E-state index in [4.69, 9.17) is 5.11 Å². The van der Waals surface area contributed by atoms with E-state index in [2.05, 4.69) is 6.58 Å².